The highest BCUT2D eigenvalue weighted by Gasteiger charge is 2.22. The molecule has 2 aromatic carbocycles. The Hall–Kier alpha value is -2.14. The molecule has 22 heavy (non-hydrogen) atoms. The van der Waals surface area contributed by atoms with Crippen LogP contribution in [0, 0.1) is 0 Å². The van der Waals surface area contributed by atoms with Crippen molar-refractivity contribution in [1.29, 1.82) is 0 Å². The molecule has 0 aromatic heterocycles. The number of benzene rings is 2. The van der Waals surface area contributed by atoms with Crippen LogP contribution in [0.1, 0.15) is 27.6 Å². The lowest BCUT2D eigenvalue weighted by Crippen LogP contribution is -2.24. The highest BCUT2D eigenvalue weighted by Crippen LogP contribution is 2.20. The van der Waals surface area contributed by atoms with Gasteiger partial charge >= 0.3 is 5.97 Å². The fourth-order valence-electron chi connectivity index (χ4n) is 1.94. The lowest BCUT2D eigenvalue weighted by Gasteiger charge is -2.14. The maximum Gasteiger partial charge on any atom is 0.342 e. The van der Waals surface area contributed by atoms with E-state index in [4.69, 9.17) is 9.47 Å². The molecule has 5 heteroatoms. The molecular weight excluding hydrogens is 348 g/mol. The summed E-state index contributed by atoms with van der Waals surface area (Å²) in [6.45, 7) is 1.55. The number of ether oxygens (including phenoxy) is 2. The van der Waals surface area contributed by atoms with E-state index in [0.29, 0.717) is 16.9 Å². The molecule has 0 saturated heterocycles. The summed E-state index contributed by atoms with van der Waals surface area (Å²) in [5.41, 5.74) is 0.781. The zero-order valence-corrected chi connectivity index (χ0v) is 13.8. The average molecular weight is 363 g/mol. The molecule has 0 aliphatic rings. The number of carbonyl (C=O) groups excluding carboxylic acids is 2. The first kappa shape index (κ1) is 16.2. The van der Waals surface area contributed by atoms with Gasteiger partial charge < -0.3 is 9.47 Å². The van der Waals surface area contributed by atoms with Gasteiger partial charge in [0.2, 0.25) is 5.78 Å². The van der Waals surface area contributed by atoms with Crippen LogP contribution < -0.4 is 4.74 Å². The smallest absolute Gasteiger partial charge is 0.342 e. The molecule has 0 aliphatic carbocycles. The lowest BCUT2D eigenvalue weighted by atomic mass is 10.1. The quantitative estimate of drug-likeness (QED) is 0.598. The van der Waals surface area contributed by atoms with E-state index in [2.05, 4.69) is 15.9 Å². The van der Waals surface area contributed by atoms with Crippen LogP contribution in [0.4, 0.5) is 0 Å². The number of rotatable bonds is 5. The molecule has 0 amide bonds. The summed E-state index contributed by atoms with van der Waals surface area (Å²) in [6.07, 6.45) is -0.876. The van der Waals surface area contributed by atoms with Crippen molar-refractivity contribution in [2.75, 3.05) is 7.11 Å². The van der Waals surface area contributed by atoms with Gasteiger partial charge in [0.15, 0.2) is 6.10 Å². The summed E-state index contributed by atoms with van der Waals surface area (Å²) >= 11 is 3.31. The van der Waals surface area contributed by atoms with Crippen molar-refractivity contribution < 1.29 is 19.1 Å². The van der Waals surface area contributed by atoms with Gasteiger partial charge in [0.1, 0.15) is 11.3 Å². The second-order valence-corrected chi connectivity index (χ2v) is 5.53. The Morgan fingerprint density at radius 1 is 1.05 bits per heavy atom. The maximum absolute atomic E-state index is 12.3. The van der Waals surface area contributed by atoms with E-state index in [0.717, 1.165) is 4.47 Å². The van der Waals surface area contributed by atoms with Gasteiger partial charge in [-0.15, -0.1) is 0 Å². The number of para-hydroxylation sites is 1. The van der Waals surface area contributed by atoms with Gasteiger partial charge in [0.25, 0.3) is 0 Å². The van der Waals surface area contributed by atoms with E-state index >= 15 is 0 Å². The highest BCUT2D eigenvalue weighted by molar-refractivity contribution is 9.10. The number of halogens is 1. The van der Waals surface area contributed by atoms with Crippen LogP contribution in [0.5, 0.6) is 5.75 Å². The first-order chi connectivity index (χ1) is 10.5. The molecule has 0 heterocycles. The molecule has 0 bridgehead atoms. The third-order valence-electron chi connectivity index (χ3n) is 3.11. The second kappa shape index (κ2) is 7.22. The molecule has 114 valence electrons. The first-order valence-corrected chi connectivity index (χ1v) is 7.46. The van der Waals surface area contributed by atoms with Crippen molar-refractivity contribution in [3.8, 4) is 5.75 Å². The van der Waals surface area contributed by atoms with Gasteiger partial charge in [-0.25, -0.2) is 4.79 Å². The molecule has 4 nitrogen and oxygen atoms in total. The predicted octanol–water partition coefficient (Wildman–Crippen LogP) is 3.89. The van der Waals surface area contributed by atoms with E-state index in [1.165, 1.54) is 7.11 Å². The Kier molecular flexibility index (Phi) is 5.33. The molecule has 0 radical (unpaired) electrons. The third-order valence-corrected chi connectivity index (χ3v) is 3.64. The number of hydrogen-bond acceptors (Lipinski definition) is 4. The molecule has 1 atom stereocenters. The Morgan fingerprint density at radius 3 is 2.32 bits per heavy atom. The lowest BCUT2D eigenvalue weighted by molar-refractivity contribution is 0.0316. The molecule has 0 spiro atoms. The Morgan fingerprint density at radius 2 is 1.68 bits per heavy atom. The van der Waals surface area contributed by atoms with E-state index in [1.807, 2.05) is 0 Å². The fourth-order valence-corrected chi connectivity index (χ4v) is 2.20. The van der Waals surface area contributed by atoms with Crippen molar-refractivity contribution in [2.24, 2.45) is 0 Å². The van der Waals surface area contributed by atoms with Crippen molar-refractivity contribution in [2.45, 2.75) is 13.0 Å². The SMILES string of the molecule is COc1ccccc1C(=O)OC(C)C(=O)c1ccc(Br)cc1. The minimum absolute atomic E-state index is 0.254. The number of esters is 1. The first-order valence-electron chi connectivity index (χ1n) is 6.66. The Balaban J connectivity index is 2.11. The van der Waals surface area contributed by atoms with E-state index in [-0.39, 0.29) is 5.78 Å². The molecule has 2 rings (SSSR count). The molecule has 0 N–H and O–H groups in total. The van der Waals surface area contributed by atoms with Gasteiger partial charge in [-0.05, 0) is 31.2 Å². The van der Waals surface area contributed by atoms with Crippen molar-refractivity contribution in [1.82, 2.24) is 0 Å². The zero-order valence-electron chi connectivity index (χ0n) is 12.2. The number of Topliss-reactive ketones (excluding diaryl/α,β-unsaturated/α-hetero) is 1. The second-order valence-electron chi connectivity index (χ2n) is 4.62. The van der Waals surface area contributed by atoms with Crippen molar-refractivity contribution >= 4 is 27.7 Å². The minimum atomic E-state index is -0.876. The van der Waals surface area contributed by atoms with Crippen LogP contribution in [-0.4, -0.2) is 25.0 Å². The summed E-state index contributed by atoms with van der Waals surface area (Å²) in [6, 6.07) is 13.6. The van der Waals surface area contributed by atoms with Gasteiger partial charge in [0.05, 0.1) is 7.11 Å². The predicted molar refractivity (Wildman–Crippen MR) is 86.3 cm³/mol. The highest BCUT2D eigenvalue weighted by atomic mass is 79.9. The van der Waals surface area contributed by atoms with E-state index in [9.17, 15) is 9.59 Å². The summed E-state index contributed by atoms with van der Waals surface area (Å²) in [7, 11) is 1.47. The van der Waals surface area contributed by atoms with Gasteiger partial charge in [0, 0.05) is 10.0 Å². The molecule has 2 aromatic rings. The maximum atomic E-state index is 12.3. The van der Waals surface area contributed by atoms with Gasteiger partial charge in [-0.2, -0.15) is 0 Å². The number of ketones is 1. The third kappa shape index (κ3) is 3.74. The Labute approximate surface area is 137 Å². The number of carbonyl (C=O) groups is 2. The molecule has 1 unspecified atom stereocenters. The molecule has 0 saturated carbocycles. The topological polar surface area (TPSA) is 52.6 Å². The molecule has 0 fully saturated rings. The fraction of sp³-hybridized carbons (Fsp3) is 0.176. The van der Waals surface area contributed by atoms with Crippen molar-refractivity contribution in [3.05, 3.63) is 64.1 Å². The van der Waals surface area contributed by atoms with Crippen LogP contribution in [0.2, 0.25) is 0 Å². The standard InChI is InChI=1S/C17H15BrO4/c1-11(16(19)12-7-9-13(18)10-8-12)22-17(20)14-5-3-4-6-15(14)21-2/h3-11H,1-2H3. The monoisotopic (exact) mass is 362 g/mol. The molecular formula is C17H15BrO4. The number of methoxy groups -OCH3 is 1. The summed E-state index contributed by atoms with van der Waals surface area (Å²) in [5, 5.41) is 0. The number of hydrogen-bond donors (Lipinski definition) is 0. The Bertz CT molecular complexity index is 679. The van der Waals surface area contributed by atoms with Crippen LogP contribution in [0.25, 0.3) is 0 Å². The van der Waals surface area contributed by atoms with E-state index < -0.39 is 12.1 Å². The normalized spacial score (nSPS) is 11.6. The molecule has 0 aliphatic heterocycles. The summed E-state index contributed by atoms with van der Waals surface area (Å²) < 4.78 is 11.2. The van der Waals surface area contributed by atoms with Crippen LogP contribution in [0.3, 0.4) is 0 Å². The zero-order chi connectivity index (χ0) is 16.1. The summed E-state index contributed by atoms with van der Waals surface area (Å²) in [4.78, 5) is 24.4. The van der Waals surface area contributed by atoms with Crippen LogP contribution in [0.15, 0.2) is 53.0 Å². The van der Waals surface area contributed by atoms with Crippen LogP contribution in [-0.2, 0) is 4.74 Å². The largest absolute Gasteiger partial charge is 0.496 e. The van der Waals surface area contributed by atoms with Gasteiger partial charge in [-0.3, -0.25) is 4.79 Å². The van der Waals surface area contributed by atoms with Crippen molar-refractivity contribution in [3.63, 3.8) is 0 Å². The van der Waals surface area contributed by atoms with E-state index in [1.54, 1.807) is 55.5 Å². The van der Waals surface area contributed by atoms with Gasteiger partial charge in [-0.1, -0.05) is 40.2 Å². The summed E-state index contributed by atoms with van der Waals surface area (Å²) in [5.74, 6) is -0.429. The minimum Gasteiger partial charge on any atom is -0.496 e. The average Bonchev–Trinajstić information content (AvgIpc) is 2.54. The van der Waals surface area contributed by atoms with Crippen LogP contribution >= 0.6 is 15.9 Å².